The van der Waals surface area contributed by atoms with E-state index in [1.54, 1.807) is 18.2 Å². The fraction of sp³-hybridized carbons (Fsp3) is 0.0769. The van der Waals surface area contributed by atoms with E-state index in [0.29, 0.717) is 11.3 Å². The van der Waals surface area contributed by atoms with E-state index in [9.17, 15) is 8.78 Å². The first kappa shape index (κ1) is 13.9. The Hall–Kier alpha value is -1.50. The number of nitrogens with two attached hydrogens (primary N) is 2. The molecule has 2 aromatic rings. The van der Waals surface area contributed by atoms with E-state index in [-0.39, 0.29) is 5.56 Å². The highest BCUT2D eigenvalue weighted by Crippen LogP contribution is 2.30. The monoisotopic (exact) mass is 327 g/mol. The summed E-state index contributed by atoms with van der Waals surface area (Å²) in [6.45, 7) is 0. The highest BCUT2D eigenvalue weighted by atomic mass is 79.9. The van der Waals surface area contributed by atoms with Crippen LogP contribution in [0.3, 0.4) is 0 Å². The molecule has 0 spiro atoms. The molecule has 0 saturated carbocycles. The van der Waals surface area contributed by atoms with Crippen molar-refractivity contribution in [1.29, 1.82) is 0 Å². The predicted octanol–water partition coefficient (Wildman–Crippen LogP) is 2.86. The van der Waals surface area contributed by atoms with Crippen molar-refractivity contribution in [1.82, 2.24) is 5.43 Å². The van der Waals surface area contributed by atoms with E-state index in [2.05, 4.69) is 21.4 Å². The number of hydrazine groups is 1. The average molecular weight is 328 g/mol. The zero-order valence-electron chi connectivity index (χ0n) is 9.83. The molecule has 19 heavy (non-hydrogen) atoms. The summed E-state index contributed by atoms with van der Waals surface area (Å²) >= 11 is 3.32. The van der Waals surface area contributed by atoms with Gasteiger partial charge in [0.25, 0.3) is 0 Å². The van der Waals surface area contributed by atoms with Gasteiger partial charge >= 0.3 is 0 Å². The number of rotatable bonds is 3. The second kappa shape index (κ2) is 5.64. The summed E-state index contributed by atoms with van der Waals surface area (Å²) in [7, 11) is 0. The van der Waals surface area contributed by atoms with Crippen molar-refractivity contribution in [3.8, 4) is 0 Å². The first-order chi connectivity index (χ1) is 9.02. The predicted molar refractivity (Wildman–Crippen MR) is 74.1 cm³/mol. The number of hydrogen-bond acceptors (Lipinski definition) is 3. The zero-order chi connectivity index (χ0) is 14.0. The highest BCUT2D eigenvalue weighted by molar-refractivity contribution is 9.10. The van der Waals surface area contributed by atoms with E-state index >= 15 is 0 Å². The van der Waals surface area contributed by atoms with Crippen LogP contribution in [-0.2, 0) is 0 Å². The second-order valence-electron chi connectivity index (χ2n) is 4.04. The lowest BCUT2D eigenvalue weighted by atomic mass is 9.97. The standard InChI is InChI=1S/C13H12BrF2N3/c14-7-1-4-12(17)10(5-7)13(19-18)9-3-2-8(15)6-11(9)16/h1-6,13,19H,17-18H2. The van der Waals surface area contributed by atoms with Crippen molar-refractivity contribution in [3.05, 3.63) is 63.6 Å². The third-order valence-electron chi connectivity index (χ3n) is 2.80. The molecule has 2 aromatic carbocycles. The van der Waals surface area contributed by atoms with Gasteiger partial charge in [0.2, 0.25) is 0 Å². The molecule has 0 bridgehead atoms. The van der Waals surface area contributed by atoms with Crippen LogP contribution in [0.25, 0.3) is 0 Å². The van der Waals surface area contributed by atoms with Gasteiger partial charge in [-0.15, -0.1) is 0 Å². The maximum atomic E-state index is 13.8. The molecular weight excluding hydrogens is 316 g/mol. The molecule has 0 radical (unpaired) electrons. The summed E-state index contributed by atoms with van der Waals surface area (Å²) < 4.78 is 27.5. The van der Waals surface area contributed by atoms with Crippen LogP contribution in [0.15, 0.2) is 40.9 Å². The van der Waals surface area contributed by atoms with Gasteiger partial charge in [0.15, 0.2) is 0 Å². The van der Waals surface area contributed by atoms with E-state index in [0.717, 1.165) is 10.5 Å². The molecule has 0 fully saturated rings. The molecule has 5 N–H and O–H groups in total. The number of halogens is 3. The Balaban J connectivity index is 2.52. The number of anilines is 1. The third-order valence-corrected chi connectivity index (χ3v) is 3.29. The quantitative estimate of drug-likeness (QED) is 0.461. The number of nitrogens with one attached hydrogen (secondary N) is 1. The highest BCUT2D eigenvalue weighted by Gasteiger charge is 2.19. The van der Waals surface area contributed by atoms with E-state index in [1.807, 2.05) is 0 Å². The van der Waals surface area contributed by atoms with Crippen LogP contribution < -0.4 is 17.0 Å². The van der Waals surface area contributed by atoms with Crippen LogP contribution in [0, 0.1) is 11.6 Å². The van der Waals surface area contributed by atoms with Gasteiger partial charge in [0.1, 0.15) is 11.6 Å². The maximum absolute atomic E-state index is 13.8. The first-order valence-corrected chi connectivity index (χ1v) is 6.28. The lowest BCUT2D eigenvalue weighted by molar-refractivity contribution is 0.542. The summed E-state index contributed by atoms with van der Waals surface area (Å²) in [4.78, 5) is 0. The molecule has 0 aromatic heterocycles. The molecule has 1 unspecified atom stereocenters. The molecular formula is C13H12BrF2N3. The average Bonchev–Trinajstić information content (AvgIpc) is 2.36. The Kier molecular flexibility index (Phi) is 4.14. The summed E-state index contributed by atoms with van der Waals surface area (Å²) in [6, 6.07) is 7.87. The lowest BCUT2D eigenvalue weighted by Gasteiger charge is -2.19. The van der Waals surface area contributed by atoms with Crippen molar-refractivity contribution in [2.24, 2.45) is 5.84 Å². The molecule has 0 aliphatic carbocycles. The van der Waals surface area contributed by atoms with Crippen LogP contribution in [0.4, 0.5) is 14.5 Å². The minimum Gasteiger partial charge on any atom is -0.398 e. The zero-order valence-corrected chi connectivity index (χ0v) is 11.4. The number of nitrogen functional groups attached to an aromatic ring is 1. The van der Waals surface area contributed by atoms with Gasteiger partial charge in [-0.25, -0.2) is 14.2 Å². The topological polar surface area (TPSA) is 64.1 Å². The minimum atomic E-state index is -0.678. The number of hydrogen-bond donors (Lipinski definition) is 3. The smallest absolute Gasteiger partial charge is 0.131 e. The molecule has 0 aliphatic heterocycles. The van der Waals surface area contributed by atoms with Crippen molar-refractivity contribution in [2.75, 3.05) is 5.73 Å². The van der Waals surface area contributed by atoms with Gasteiger partial charge in [-0.05, 0) is 29.8 Å². The van der Waals surface area contributed by atoms with E-state index in [1.165, 1.54) is 12.1 Å². The van der Waals surface area contributed by atoms with Crippen LogP contribution in [0.5, 0.6) is 0 Å². The Morgan fingerprint density at radius 2 is 1.79 bits per heavy atom. The molecule has 0 heterocycles. The largest absolute Gasteiger partial charge is 0.398 e. The Labute approximate surface area is 117 Å². The van der Waals surface area contributed by atoms with Gasteiger partial charge in [-0.2, -0.15) is 0 Å². The molecule has 0 amide bonds. The van der Waals surface area contributed by atoms with E-state index in [4.69, 9.17) is 11.6 Å². The molecule has 3 nitrogen and oxygen atoms in total. The fourth-order valence-electron chi connectivity index (χ4n) is 1.88. The fourth-order valence-corrected chi connectivity index (χ4v) is 2.26. The summed E-state index contributed by atoms with van der Waals surface area (Å²) in [5.74, 6) is 4.16. The summed E-state index contributed by atoms with van der Waals surface area (Å²) in [5.41, 5.74) is 9.68. The summed E-state index contributed by atoms with van der Waals surface area (Å²) in [5, 5.41) is 0. The molecule has 0 aliphatic rings. The molecule has 6 heteroatoms. The van der Waals surface area contributed by atoms with Crippen molar-refractivity contribution in [3.63, 3.8) is 0 Å². The van der Waals surface area contributed by atoms with Gasteiger partial charge in [-0.1, -0.05) is 22.0 Å². The Bertz CT molecular complexity index is 604. The first-order valence-electron chi connectivity index (χ1n) is 5.49. The second-order valence-corrected chi connectivity index (χ2v) is 4.95. The molecule has 1 atom stereocenters. The minimum absolute atomic E-state index is 0.230. The molecule has 0 saturated heterocycles. The van der Waals surface area contributed by atoms with Crippen molar-refractivity contribution >= 4 is 21.6 Å². The SMILES string of the molecule is NNC(c1cc(Br)ccc1N)c1ccc(F)cc1F. The Morgan fingerprint density at radius 1 is 1.05 bits per heavy atom. The van der Waals surface area contributed by atoms with Gasteiger partial charge in [0.05, 0.1) is 6.04 Å². The molecule has 2 rings (SSSR count). The number of benzene rings is 2. The Morgan fingerprint density at radius 3 is 2.42 bits per heavy atom. The van der Waals surface area contributed by atoms with Crippen LogP contribution in [0.2, 0.25) is 0 Å². The summed E-state index contributed by atoms with van der Waals surface area (Å²) in [6.07, 6.45) is 0. The normalized spacial score (nSPS) is 12.4. The maximum Gasteiger partial charge on any atom is 0.131 e. The third kappa shape index (κ3) is 2.91. The van der Waals surface area contributed by atoms with Gasteiger partial charge in [-0.3, -0.25) is 5.84 Å². The van der Waals surface area contributed by atoms with E-state index < -0.39 is 17.7 Å². The van der Waals surface area contributed by atoms with Crippen molar-refractivity contribution in [2.45, 2.75) is 6.04 Å². The van der Waals surface area contributed by atoms with Gasteiger partial charge in [0, 0.05) is 21.8 Å². The van der Waals surface area contributed by atoms with Crippen LogP contribution in [0.1, 0.15) is 17.2 Å². The molecule has 100 valence electrons. The lowest BCUT2D eigenvalue weighted by Crippen LogP contribution is -2.30. The van der Waals surface area contributed by atoms with Crippen molar-refractivity contribution < 1.29 is 8.78 Å². The van der Waals surface area contributed by atoms with Crippen LogP contribution >= 0.6 is 15.9 Å². The van der Waals surface area contributed by atoms with Gasteiger partial charge < -0.3 is 5.73 Å². The van der Waals surface area contributed by atoms with Crippen LogP contribution in [-0.4, -0.2) is 0 Å².